The molecule has 1 fully saturated rings. The van der Waals surface area contributed by atoms with Gasteiger partial charge in [0.2, 0.25) is 5.95 Å². The third kappa shape index (κ3) is 4.95. The monoisotopic (exact) mass is 436 g/mol. The summed E-state index contributed by atoms with van der Waals surface area (Å²) in [5.41, 5.74) is -0.588. The summed E-state index contributed by atoms with van der Waals surface area (Å²) in [7, 11) is 0. The first-order valence-electron chi connectivity index (χ1n) is 9.85. The first-order chi connectivity index (χ1) is 14.6. The molecule has 0 aliphatic carbocycles. The summed E-state index contributed by atoms with van der Waals surface area (Å²) in [4.78, 5) is 35.9. The Kier molecular flexibility index (Phi) is 6.47. The van der Waals surface area contributed by atoms with Gasteiger partial charge in [0, 0.05) is 18.0 Å². The van der Waals surface area contributed by atoms with Crippen LogP contribution in [0.15, 0.2) is 36.7 Å². The number of Topliss-reactive ketones (excluding diaryl/α,β-unsaturated/α-hetero) is 1. The van der Waals surface area contributed by atoms with Crippen molar-refractivity contribution < 1.29 is 27.5 Å². The lowest BCUT2D eigenvalue weighted by Gasteiger charge is -2.25. The van der Waals surface area contributed by atoms with Crippen LogP contribution in [0.2, 0.25) is 0 Å². The zero-order valence-corrected chi connectivity index (χ0v) is 17.4. The number of ether oxygens (including phenoxy) is 1. The van der Waals surface area contributed by atoms with Crippen LogP contribution in [-0.2, 0) is 6.18 Å². The number of urea groups is 1. The zero-order chi connectivity index (χ0) is 22.8. The molecule has 1 saturated heterocycles. The number of halogens is 3. The maximum atomic E-state index is 13.0. The van der Waals surface area contributed by atoms with E-state index in [1.54, 1.807) is 24.3 Å². The van der Waals surface area contributed by atoms with Crippen molar-refractivity contribution in [2.45, 2.75) is 33.0 Å². The number of amides is 2. The Hall–Kier alpha value is -3.17. The van der Waals surface area contributed by atoms with Crippen molar-refractivity contribution in [3.63, 3.8) is 0 Å². The van der Waals surface area contributed by atoms with Crippen molar-refractivity contribution in [1.82, 2.24) is 14.9 Å². The minimum atomic E-state index is -4.57. The number of anilines is 1. The van der Waals surface area contributed by atoms with E-state index in [0.29, 0.717) is 30.3 Å². The van der Waals surface area contributed by atoms with Crippen molar-refractivity contribution >= 4 is 17.8 Å². The lowest BCUT2D eigenvalue weighted by molar-refractivity contribution is -0.138. The maximum absolute atomic E-state index is 13.0. The molecule has 1 aromatic heterocycles. The van der Waals surface area contributed by atoms with Crippen LogP contribution in [-0.4, -0.2) is 52.4 Å². The molecule has 0 saturated carbocycles. The van der Waals surface area contributed by atoms with Crippen LogP contribution >= 0.6 is 0 Å². The fourth-order valence-corrected chi connectivity index (χ4v) is 3.36. The fourth-order valence-electron chi connectivity index (χ4n) is 3.36. The van der Waals surface area contributed by atoms with E-state index in [2.05, 4.69) is 9.97 Å². The number of carbonyl (C=O) groups excluding carboxylic acids is 2. The van der Waals surface area contributed by atoms with Gasteiger partial charge in [-0.25, -0.2) is 14.8 Å². The summed E-state index contributed by atoms with van der Waals surface area (Å²) >= 11 is 0. The second kappa shape index (κ2) is 8.91. The number of rotatable bonds is 7. The van der Waals surface area contributed by atoms with E-state index >= 15 is 0 Å². The number of hydrogen-bond donors (Lipinski definition) is 0. The molecule has 10 heteroatoms. The largest absolute Gasteiger partial charge is 0.494 e. The average Bonchev–Trinajstić information content (AvgIpc) is 3.04. The van der Waals surface area contributed by atoms with E-state index in [9.17, 15) is 22.8 Å². The number of benzene rings is 1. The molecule has 1 atom stereocenters. The first kappa shape index (κ1) is 22.5. The van der Waals surface area contributed by atoms with Gasteiger partial charge in [-0.15, -0.1) is 0 Å². The Bertz CT molecular complexity index is 948. The van der Waals surface area contributed by atoms with Crippen LogP contribution in [0.5, 0.6) is 5.75 Å². The topological polar surface area (TPSA) is 75.6 Å². The Morgan fingerprint density at radius 2 is 1.94 bits per heavy atom. The maximum Gasteiger partial charge on any atom is 0.419 e. The summed E-state index contributed by atoms with van der Waals surface area (Å²) in [5, 5.41) is 0. The van der Waals surface area contributed by atoms with Crippen LogP contribution < -0.4 is 9.64 Å². The summed E-state index contributed by atoms with van der Waals surface area (Å²) in [6.45, 7) is 6.11. The van der Waals surface area contributed by atoms with Crippen LogP contribution in [0.4, 0.5) is 23.9 Å². The number of carbonyl (C=O) groups is 2. The Morgan fingerprint density at radius 3 is 2.52 bits per heavy atom. The standard InChI is InChI=1S/C21H23F3N4O3/c1-4-31-16-7-5-6-14(8-16)18(29)12-27-17(13(2)3)11-28(20(27)30)19-25-9-15(10-26-19)21(22,23)24/h5-10,13,17H,4,11-12H2,1-3H3/t17-/m1/s1. The number of nitrogens with zero attached hydrogens (tertiary/aromatic N) is 4. The lowest BCUT2D eigenvalue weighted by Crippen LogP contribution is -2.41. The summed E-state index contributed by atoms with van der Waals surface area (Å²) < 4.78 is 43.7. The fraction of sp³-hybridized carbons (Fsp3) is 0.429. The van der Waals surface area contributed by atoms with Gasteiger partial charge in [-0.2, -0.15) is 13.2 Å². The second-order valence-corrected chi connectivity index (χ2v) is 7.49. The van der Waals surface area contributed by atoms with Gasteiger partial charge in [-0.05, 0) is 25.0 Å². The molecule has 2 heterocycles. The normalized spacial score (nSPS) is 16.9. The molecule has 166 valence electrons. The molecule has 2 amide bonds. The number of alkyl halides is 3. The minimum absolute atomic E-state index is 0.00552. The molecule has 1 aliphatic rings. The molecule has 1 aromatic carbocycles. The van der Waals surface area contributed by atoms with Crippen LogP contribution in [0.25, 0.3) is 0 Å². The lowest BCUT2D eigenvalue weighted by atomic mass is 10.0. The van der Waals surface area contributed by atoms with E-state index < -0.39 is 17.8 Å². The van der Waals surface area contributed by atoms with Crippen molar-refractivity contribution in [2.75, 3.05) is 24.6 Å². The SMILES string of the molecule is CCOc1cccc(C(=O)CN2C(=O)N(c3ncc(C(F)(F)F)cn3)C[C@@H]2C(C)C)c1. The van der Waals surface area contributed by atoms with Gasteiger partial charge in [0.1, 0.15) is 5.75 Å². The van der Waals surface area contributed by atoms with Gasteiger partial charge in [0.15, 0.2) is 5.78 Å². The van der Waals surface area contributed by atoms with E-state index in [4.69, 9.17) is 4.74 Å². The van der Waals surface area contributed by atoms with Gasteiger partial charge >= 0.3 is 12.2 Å². The molecule has 3 rings (SSSR count). The summed E-state index contributed by atoms with van der Waals surface area (Å²) in [6.07, 6.45) is -3.28. The Balaban J connectivity index is 1.81. The molecule has 2 aromatic rings. The van der Waals surface area contributed by atoms with Gasteiger partial charge in [0.05, 0.1) is 31.3 Å². The third-order valence-corrected chi connectivity index (χ3v) is 5.00. The van der Waals surface area contributed by atoms with Crippen LogP contribution in [0, 0.1) is 5.92 Å². The number of hydrogen-bond acceptors (Lipinski definition) is 5. The second-order valence-electron chi connectivity index (χ2n) is 7.49. The predicted molar refractivity (Wildman–Crippen MR) is 107 cm³/mol. The highest BCUT2D eigenvalue weighted by Gasteiger charge is 2.42. The van der Waals surface area contributed by atoms with Crippen LogP contribution in [0.1, 0.15) is 36.7 Å². The molecular weight excluding hydrogens is 413 g/mol. The van der Waals surface area contributed by atoms with E-state index in [0.717, 1.165) is 0 Å². The average molecular weight is 436 g/mol. The van der Waals surface area contributed by atoms with E-state index in [1.807, 2.05) is 20.8 Å². The number of ketones is 1. The number of aromatic nitrogens is 2. The Morgan fingerprint density at radius 1 is 1.26 bits per heavy atom. The molecule has 7 nitrogen and oxygen atoms in total. The molecule has 0 unspecified atom stereocenters. The minimum Gasteiger partial charge on any atom is -0.494 e. The highest BCUT2D eigenvalue weighted by Crippen LogP contribution is 2.30. The molecule has 0 N–H and O–H groups in total. The quantitative estimate of drug-likeness (QED) is 0.613. The van der Waals surface area contributed by atoms with Gasteiger partial charge < -0.3 is 9.64 Å². The first-order valence-corrected chi connectivity index (χ1v) is 9.85. The van der Waals surface area contributed by atoms with E-state index in [1.165, 1.54) is 9.80 Å². The van der Waals surface area contributed by atoms with Gasteiger partial charge in [-0.3, -0.25) is 9.69 Å². The molecule has 1 aliphatic heterocycles. The highest BCUT2D eigenvalue weighted by atomic mass is 19.4. The Labute approximate surface area is 177 Å². The third-order valence-electron chi connectivity index (χ3n) is 5.00. The van der Waals surface area contributed by atoms with Crippen molar-refractivity contribution in [3.8, 4) is 5.75 Å². The summed E-state index contributed by atoms with van der Waals surface area (Å²) in [6, 6.07) is 5.86. The molecule has 0 radical (unpaired) electrons. The summed E-state index contributed by atoms with van der Waals surface area (Å²) in [5.74, 6) is 0.167. The smallest absolute Gasteiger partial charge is 0.419 e. The van der Waals surface area contributed by atoms with Crippen molar-refractivity contribution in [2.24, 2.45) is 5.92 Å². The molecular formula is C21H23F3N4O3. The molecule has 0 bridgehead atoms. The molecule has 31 heavy (non-hydrogen) atoms. The van der Waals surface area contributed by atoms with Crippen molar-refractivity contribution in [1.29, 1.82) is 0 Å². The molecule has 0 spiro atoms. The predicted octanol–water partition coefficient (Wildman–Crippen LogP) is 4.04. The zero-order valence-electron chi connectivity index (χ0n) is 17.4. The van der Waals surface area contributed by atoms with E-state index in [-0.39, 0.29) is 36.8 Å². The van der Waals surface area contributed by atoms with Crippen molar-refractivity contribution in [3.05, 3.63) is 47.8 Å². The van der Waals surface area contributed by atoms with Gasteiger partial charge in [0.25, 0.3) is 0 Å². The van der Waals surface area contributed by atoms with Crippen LogP contribution in [0.3, 0.4) is 0 Å². The van der Waals surface area contributed by atoms with Gasteiger partial charge in [-0.1, -0.05) is 26.0 Å². The highest BCUT2D eigenvalue weighted by molar-refractivity contribution is 6.02.